The maximum atomic E-state index is 13.7. The molecule has 0 radical (unpaired) electrons. The molecule has 0 bridgehead atoms. The number of fused-ring (bicyclic) bond motifs is 1. The topological polar surface area (TPSA) is 76.2 Å². The van der Waals surface area contributed by atoms with Crippen LogP contribution in [0, 0.1) is 0 Å². The third kappa shape index (κ3) is 4.52. The van der Waals surface area contributed by atoms with E-state index in [-0.39, 0.29) is 16.7 Å². The summed E-state index contributed by atoms with van der Waals surface area (Å²) in [7, 11) is -3.60. The van der Waals surface area contributed by atoms with Crippen LogP contribution >= 0.6 is 0 Å². The Morgan fingerprint density at radius 1 is 1.12 bits per heavy atom. The number of carbonyl (C=O) groups excluding carboxylic acids is 1. The van der Waals surface area contributed by atoms with Crippen LogP contribution in [0.2, 0.25) is 0 Å². The fourth-order valence-corrected chi connectivity index (χ4v) is 6.29. The molecule has 1 atom stereocenters. The lowest BCUT2D eigenvalue weighted by Gasteiger charge is -2.46. The maximum Gasteiger partial charge on any atom is 0.258 e. The number of anilines is 1. The highest BCUT2D eigenvalue weighted by molar-refractivity contribution is 7.89. The number of hydrogen-bond donors (Lipinski definition) is 0. The zero-order valence-corrected chi connectivity index (χ0v) is 20.5. The zero-order valence-electron chi connectivity index (χ0n) is 19.7. The van der Waals surface area contributed by atoms with Crippen LogP contribution in [0.5, 0.6) is 5.75 Å². The number of morpholine rings is 1. The van der Waals surface area contributed by atoms with Gasteiger partial charge in [0.2, 0.25) is 10.0 Å². The molecular formula is C25H32N2O5S. The van der Waals surface area contributed by atoms with Crippen LogP contribution in [0.1, 0.15) is 56.0 Å². The van der Waals surface area contributed by atoms with Gasteiger partial charge in [0.15, 0.2) is 0 Å². The van der Waals surface area contributed by atoms with Gasteiger partial charge in [-0.25, -0.2) is 8.42 Å². The van der Waals surface area contributed by atoms with Gasteiger partial charge in [0.1, 0.15) is 5.75 Å². The molecule has 2 aliphatic rings. The Balaban J connectivity index is 1.65. The van der Waals surface area contributed by atoms with Gasteiger partial charge >= 0.3 is 0 Å². The highest BCUT2D eigenvalue weighted by atomic mass is 32.2. The summed E-state index contributed by atoms with van der Waals surface area (Å²) in [6.07, 6.45) is 0.810. The lowest BCUT2D eigenvalue weighted by atomic mass is 9.79. The molecule has 1 fully saturated rings. The number of amides is 1. The molecule has 4 rings (SSSR count). The molecule has 0 aromatic heterocycles. The Kier molecular flexibility index (Phi) is 6.53. The van der Waals surface area contributed by atoms with Gasteiger partial charge in [-0.05, 0) is 81.1 Å². The zero-order chi connectivity index (χ0) is 23.8. The third-order valence-electron chi connectivity index (χ3n) is 6.41. The molecule has 33 heavy (non-hydrogen) atoms. The highest BCUT2D eigenvalue weighted by Crippen LogP contribution is 2.45. The van der Waals surface area contributed by atoms with Crippen molar-refractivity contribution in [3.63, 3.8) is 0 Å². The first-order valence-electron chi connectivity index (χ1n) is 11.4. The molecule has 2 aliphatic heterocycles. The van der Waals surface area contributed by atoms with Gasteiger partial charge in [0.05, 0.1) is 24.7 Å². The van der Waals surface area contributed by atoms with Gasteiger partial charge < -0.3 is 14.4 Å². The van der Waals surface area contributed by atoms with Crippen molar-refractivity contribution in [3.8, 4) is 5.75 Å². The smallest absolute Gasteiger partial charge is 0.258 e. The second-order valence-corrected chi connectivity index (χ2v) is 11.2. The Morgan fingerprint density at radius 3 is 2.42 bits per heavy atom. The van der Waals surface area contributed by atoms with Gasteiger partial charge in [0, 0.05) is 29.9 Å². The van der Waals surface area contributed by atoms with Gasteiger partial charge in [-0.15, -0.1) is 0 Å². The van der Waals surface area contributed by atoms with E-state index in [0.29, 0.717) is 38.5 Å². The number of hydrogen-bond acceptors (Lipinski definition) is 5. The van der Waals surface area contributed by atoms with Crippen LogP contribution in [-0.2, 0) is 14.8 Å². The van der Waals surface area contributed by atoms with Crippen molar-refractivity contribution in [2.24, 2.45) is 0 Å². The van der Waals surface area contributed by atoms with E-state index in [1.807, 2.05) is 30.0 Å². The summed E-state index contributed by atoms with van der Waals surface area (Å²) in [4.78, 5) is 15.7. The summed E-state index contributed by atoms with van der Waals surface area (Å²) in [6.45, 7) is 10.3. The molecule has 0 saturated carbocycles. The normalized spacial score (nSPS) is 20.8. The average molecular weight is 473 g/mol. The van der Waals surface area contributed by atoms with Crippen LogP contribution in [-0.4, -0.2) is 57.1 Å². The van der Waals surface area contributed by atoms with Crippen LogP contribution < -0.4 is 9.64 Å². The van der Waals surface area contributed by atoms with Crippen molar-refractivity contribution in [2.45, 2.75) is 50.5 Å². The predicted molar refractivity (Wildman–Crippen MR) is 128 cm³/mol. The summed E-state index contributed by atoms with van der Waals surface area (Å²) in [5.41, 5.74) is 2.02. The Morgan fingerprint density at radius 2 is 1.79 bits per heavy atom. The van der Waals surface area contributed by atoms with Crippen LogP contribution in [0.3, 0.4) is 0 Å². The van der Waals surface area contributed by atoms with Crippen molar-refractivity contribution in [3.05, 3.63) is 53.6 Å². The van der Waals surface area contributed by atoms with Crippen LogP contribution in [0.4, 0.5) is 5.69 Å². The van der Waals surface area contributed by atoms with Gasteiger partial charge in [-0.3, -0.25) is 4.79 Å². The first kappa shape index (κ1) is 23.7. The average Bonchev–Trinajstić information content (AvgIpc) is 2.79. The van der Waals surface area contributed by atoms with Crippen molar-refractivity contribution in [1.82, 2.24) is 4.31 Å². The van der Waals surface area contributed by atoms with E-state index >= 15 is 0 Å². The van der Waals surface area contributed by atoms with E-state index in [2.05, 4.69) is 20.8 Å². The molecular weight excluding hydrogens is 440 g/mol. The van der Waals surface area contributed by atoms with E-state index in [1.54, 1.807) is 12.1 Å². The number of nitrogens with zero attached hydrogens (tertiary/aromatic N) is 2. The number of rotatable bonds is 5. The molecule has 7 nitrogen and oxygen atoms in total. The lowest BCUT2D eigenvalue weighted by molar-refractivity contribution is 0.0730. The summed E-state index contributed by atoms with van der Waals surface area (Å²) in [5.74, 6) is 0.931. The minimum atomic E-state index is -3.60. The first-order valence-corrected chi connectivity index (χ1v) is 12.9. The SMILES string of the molecule is CCOc1ccc2c(c1)[C@H](C)CC(C)(C)N2C(=O)c1ccc(S(=O)(=O)N2CCOCC2)cc1. The van der Waals surface area contributed by atoms with Gasteiger partial charge in [-0.1, -0.05) is 6.92 Å². The molecule has 8 heteroatoms. The van der Waals surface area contributed by atoms with Crippen molar-refractivity contribution in [1.29, 1.82) is 0 Å². The fourth-order valence-electron chi connectivity index (χ4n) is 4.88. The Bertz CT molecular complexity index is 1120. The Labute approximate surface area is 196 Å². The van der Waals surface area contributed by atoms with Crippen molar-refractivity contribution in [2.75, 3.05) is 37.8 Å². The molecule has 0 N–H and O–H groups in total. The molecule has 0 aliphatic carbocycles. The summed E-state index contributed by atoms with van der Waals surface area (Å²) in [5, 5.41) is 0. The molecule has 0 spiro atoms. The summed E-state index contributed by atoms with van der Waals surface area (Å²) in [6, 6.07) is 12.1. The molecule has 2 aromatic rings. The molecule has 1 saturated heterocycles. The molecule has 2 heterocycles. The van der Waals surface area contributed by atoms with E-state index in [1.165, 1.54) is 16.4 Å². The number of ether oxygens (including phenoxy) is 2. The summed E-state index contributed by atoms with van der Waals surface area (Å²) < 4.78 is 38.2. The monoisotopic (exact) mass is 472 g/mol. The van der Waals surface area contributed by atoms with E-state index in [0.717, 1.165) is 23.4 Å². The van der Waals surface area contributed by atoms with Gasteiger partial charge in [0.25, 0.3) is 5.91 Å². The van der Waals surface area contributed by atoms with Crippen LogP contribution in [0.25, 0.3) is 0 Å². The minimum Gasteiger partial charge on any atom is -0.494 e. The van der Waals surface area contributed by atoms with E-state index < -0.39 is 15.6 Å². The predicted octanol–water partition coefficient (Wildman–Crippen LogP) is 4.04. The highest BCUT2D eigenvalue weighted by Gasteiger charge is 2.40. The van der Waals surface area contributed by atoms with E-state index in [4.69, 9.17) is 9.47 Å². The lowest BCUT2D eigenvalue weighted by Crippen LogP contribution is -2.51. The molecule has 2 aromatic carbocycles. The quantitative estimate of drug-likeness (QED) is 0.657. The van der Waals surface area contributed by atoms with Crippen LogP contribution in [0.15, 0.2) is 47.4 Å². The maximum absolute atomic E-state index is 13.7. The molecule has 0 unspecified atom stereocenters. The standard InChI is InChI=1S/C25H32N2O5S/c1-5-32-20-8-11-23-22(16-20)18(2)17-25(3,4)27(23)24(28)19-6-9-21(10-7-19)33(29,30)26-12-14-31-15-13-26/h6-11,16,18H,5,12-15,17H2,1-4H3/t18-/m1/s1. The van der Waals surface area contributed by atoms with Crippen molar-refractivity contribution >= 4 is 21.6 Å². The van der Waals surface area contributed by atoms with Gasteiger partial charge in [-0.2, -0.15) is 4.31 Å². The number of carbonyl (C=O) groups is 1. The second kappa shape index (κ2) is 9.08. The minimum absolute atomic E-state index is 0.146. The fraction of sp³-hybridized carbons (Fsp3) is 0.480. The summed E-state index contributed by atoms with van der Waals surface area (Å²) >= 11 is 0. The molecule has 1 amide bonds. The van der Waals surface area contributed by atoms with E-state index in [9.17, 15) is 13.2 Å². The second-order valence-electron chi connectivity index (χ2n) is 9.25. The Hall–Kier alpha value is -2.42. The largest absolute Gasteiger partial charge is 0.494 e. The molecule has 178 valence electrons. The first-order chi connectivity index (χ1) is 15.6. The van der Waals surface area contributed by atoms with Crippen molar-refractivity contribution < 1.29 is 22.7 Å². The number of sulfonamides is 1. The third-order valence-corrected chi connectivity index (χ3v) is 8.32. The number of benzene rings is 2.